The number of rotatable bonds is 4. The van der Waals surface area contributed by atoms with Crippen molar-refractivity contribution in [2.45, 2.75) is 26.9 Å². The molecule has 0 unspecified atom stereocenters. The largest absolute Gasteiger partial charge is 0.308 e. The zero-order chi connectivity index (χ0) is 12.1. The van der Waals surface area contributed by atoms with Crippen LogP contribution in [0.4, 0.5) is 0 Å². The molecule has 0 radical (unpaired) electrons. The predicted molar refractivity (Wildman–Crippen MR) is 68.5 cm³/mol. The third-order valence-electron chi connectivity index (χ3n) is 2.93. The van der Waals surface area contributed by atoms with Crippen LogP contribution >= 0.6 is 0 Å². The molecule has 0 aromatic carbocycles. The highest BCUT2D eigenvalue weighted by Crippen LogP contribution is 2.07. The average molecular weight is 227 g/mol. The Hall–Kier alpha value is -1.74. The Balaban J connectivity index is 1.93. The second-order valence-corrected chi connectivity index (χ2v) is 4.21. The topological polar surface area (TPSA) is 37.8 Å². The summed E-state index contributed by atoms with van der Waals surface area (Å²) in [4.78, 5) is 8.27. The van der Waals surface area contributed by atoms with Crippen LogP contribution in [0.5, 0.6) is 0 Å². The maximum atomic E-state index is 4.14. The normalized spacial score (nSPS) is 10.5. The second kappa shape index (κ2) is 5.55. The SMILES string of the molecule is Cc1ccncc1CNCc1cnccc1C. The fraction of sp³-hybridized carbons (Fsp3) is 0.286. The van der Waals surface area contributed by atoms with Crippen molar-refractivity contribution in [2.75, 3.05) is 0 Å². The first kappa shape index (κ1) is 11.7. The quantitative estimate of drug-likeness (QED) is 0.871. The van der Waals surface area contributed by atoms with Crippen LogP contribution in [0, 0.1) is 13.8 Å². The summed E-state index contributed by atoms with van der Waals surface area (Å²) in [6, 6.07) is 4.07. The highest BCUT2D eigenvalue weighted by molar-refractivity contribution is 5.23. The summed E-state index contributed by atoms with van der Waals surface area (Å²) in [7, 11) is 0. The van der Waals surface area contributed by atoms with Gasteiger partial charge in [0.2, 0.25) is 0 Å². The third-order valence-corrected chi connectivity index (χ3v) is 2.93. The molecule has 0 atom stereocenters. The van der Waals surface area contributed by atoms with E-state index in [1.807, 2.05) is 36.9 Å². The fourth-order valence-corrected chi connectivity index (χ4v) is 1.70. The Bertz CT molecular complexity index is 449. The number of nitrogens with one attached hydrogen (secondary N) is 1. The van der Waals surface area contributed by atoms with Gasteiger partial charge in [0, 0.05) is 37.9 Å². The molecule has 88 valence electrons. The van der Waals surface area contributed by atoms with Gasteiger partial charge in [-0.25, -0.2) is 0 Å². The minimum absolute atomic E-state index is 0.841. The van der Waals surface area contributed by atoms with E-state index in [1.165, 1.54) is 22.3 Å². The summed E-state index contributed by atoms with van der Waals surface area (Å²) >= 11 is 0. The van der Waals surface area contributed by atoms with Crippen LogP contribution in [0.3, 0.4) is 0 Å². The van der Waals surface area contributed by atoms with Crippen LogP contribution in [-0.2, 0) is 13.1 Å². The van der Waals surface area contributed by atoms with Crippen LogP contribution in [0.2, 0.25) is 0 Å². The zero-order valence-corrected chi connectivity index (χ0v) is 10.3. The zero-order valence-electron chi connectivity index (χ0n) is 10.3. The van der Waals surface area contributed by atoms with Gasteiger partial charge in [0.15, 0.2) is 0 Å². The Morgan fingerprint density at radius 1 is 0.882 bits per heavy atom. The lowest BCUT2D eigenvalue weighted by Crippen LogP contribution is -2.14. The van der Waals surface area contributed by atoms with Crippen LogP contribution in [-0.4, -0.2) is 9.97 Å². The molecule has 1 N–H and O–H groups in total. The molecule has 2 aromatic heterocycles. The Kier molecular flexibility index (Phi) is 3.83. The smallest absolute Gasteiger partial charge is 0.0315 e. The van der Waals surface area contributed by atoms with E-state index in [1.54, 1.807) is 0 Å². The summed E-state index contributed by atoms with van der Waals surface area (Å²) in [6.45, 7) is 5.89. The summed E-state index contributed by atoms with van der Waals surface area (Å²) in [5.41, 5.74) is 5.04. The Morgan fingerprint density at radius 2 is 1.35 bits per heavy atom. The number of aryl methyl sites for hydroxylation is 2. The summed E-state index contributed by atoms with van der Waals surface area (Å²) in [5, 5.41) is 3.42. The van der Waals surface area contributed by atoms with Crippen LogP contribution in [0.15, 0.2) is 36.9 Å². The lowest BCUT2D eigenvalue weighted by Gasteiger charge is -2.08. The van der Waals surface area contributed by atoms with Gasteiger partial charge >= 0.3 is 0 Å². The van der Waals surface area contributed by atoms with Crippen molar-refractivity contribution >= 4 is 0 Å². The summed E-state index contributed by atoms with van der Waals surface area (Å²) < 4.78 is 0. The molecule has 3 heteroatoms. The molecule has 2 heterocycles. The van der Waals surface area contributed by atoms with Crippen LogP contribution < -0.4 is 5.32 Å². The van der Waals surface area contributed by atoms with Crippen molar-refractivity contribution in [3.8, 4) is 0 Å². The van der Waals surface area contributed by atoms with E-state index in [0.717, 1.165) is 13.1 Å². The monoisotopic (exact) mass is 227 g/mol. The number of aromatic nitrogens is 2. The van der Waals surface area contributed by atoms with Crippen molar-refractivity contribution in [1.29, 1.82) is 0 Å². The molecule has 17 heavy (non-hydrogen) atoms. The minimum atomic E-state index is 0.841. The van der Waals surface area contributed by atoms with E-state index in [2.05, 4.69) is 29.1 Å². The maximum Gasteiger partial charge on any atom is 0.0315 e. The maximum absolute atomic E-state index is 4.14. The van der Waals surface area contributed by atoms with Gasteiger partial charge in [-0.1, -0.05) is 0 Å². The van der Waals surface area contributed by atoms with Gasteiger partial charge in [0.25, 0.3) is 0 Å². The third kappa shape index (κ3) is 3.11. The molecule has 0 saturated heterocycles. The second-order valence-electron chi connectivity index (χ2n) is 4.21. The van der Waals surface area contributed by atoms with Gasteiger partial charge in [-0.05, 0) is 48.2 Å². The first-order chi connectivity index (χ1) is 8.27. The van der Waals surface area contributed by atoms with Gasteiger partial charge < -0.3 is 5.32 Å². The molecule has 0 bridgehead atoms. The van der Waals surface area contributed by atoms with Gasteiger partial charge in [-0.15, -0.1) is 0 Å². The van der Waals surface area contributed by atoms with Crippen molar-refractivity contribution in [1.82, 2.24) is 15.3 Å². The molecule has 0 aliphatic rings. The lowest BCUT2D eigenvalue weighted by molar-refractivity contribution is 0.684. The van der Waals surface area contributed by atoms with Gasteiger partial charge in [-0.3, -0.25) is 9.97 Å². The highest BCUT2D eigenvalue weighted by atomic mass is 14.9. The Labute approximate surface area is 102 Å². The Morgan fingerprint density at radius 3 is 1.76 bits per heavy atom. The fourth-order valence-electron chi connectivity index (χ4n) is 1.70. The molecule has 0 spiro atoms. The summed E-state index contributed by atoms with van der Waals surface area (Å²) in [6.07, 6.45) is 7.48. The van der Waals surface area contributed by atoms with Crippen molar-refractivity contribution in [3.63, 3.8) is 0 Å². The molecule has 0 aliphatic carbocycles. The first-order valence-corrected chi connectivity index (χ1v) is 5.77. The molecule has 2 rings (SSSR count). The number of hydrogen-bond donors (Lipinski definition) is 1. The summed E-state index contributed by atoms with van der Waals surface area (Å²) in [5.74, 6) is 0. The van der Waals surface area contributed by atoms with Crippen LogP contribution in [0.1, 0.15) is 22.3 Å². The van der Waals surface area contributed by atoms with Crippen molar-refractivity contribution in [2.24, 2.45) is 0 Å². The van der Waals surface area contributed by atoms with Crippen molar-refractivity contribution in [3.05, 3.63) is 59.2 Å². The lowest BCUT2D eigenvalue weighted by atomic mass is 10.1. The van der Waals surface area contributed by atoms with E-state index >= 15 is 0 Å². The van der Waals surface area contributed by atoms with Gasteiger partial charge in [0.1, 0.15) is 0 Å². The molecule has 0 saturated carbocycles. The molecule has 0 aliphatic heterocycles. The number of nitrogens with zero attached hydrogens (tertiary/aromatic N) is 2. The van der Waals surface area contributed by atoms with E-state index in [4.69, 9.17) is 0 Å². The van der Waals surface area contributed by atoms with Gasteiger partial charge in [0.05, 0.1) is 0 Å². The first-order valence-electron chi connectivity index (χ1n) is 5.77. The van der Waals surface area contributed by atoms with Gasteiger partial charge in [-0.2, -0.15) is 0 Å². The van der Waals surface area contributed by atoms with Crippen LogP contribution in [0.25, 0.3) is 0 Å². The van der Waals surface area contributed by atoms with Crippen molar-refractivity contribution < 1.29 is 0 Å². The van der Waals surface area contributed by atoms with E-state index in [9.17, 15) is 0 Å². The number of pyridine rings is 2. The molecular formula is C14H17N3. The molecule has 2 aromatic rings. The minimum Gasteiger partial charge on any atom is -0.308 e. The molecule has 0 amide bonds. The average Bonchev–Trinajstić information content (AvgIpc) is 2.34. The molecule has 0 fully saturated rings. The highest BCUT2D eigenvalue weighted by Gasteiger charge is 1.99. The van der Waals surface area contributed by atoms with E-state index in [-0.39, 0.29) is 0 Å². The predicted octanol–water partition coefficient (Wildman–Crippen LogP) is 2.38. The standard InChI is InChI=1S/C14H17N3/c1-11-3-5-15-7-13(11)9-17-10-14-8-16-6-4-12(14)2/h3-8,17H,9-10H2,1-2H3. The van der Waals surface area contributed by atoms with E-state index in [0.29, 0.717) is 0 Å². The molecular weight excluding hydrogens is 210 g/mol. The molecule has 3 nitrogen and oxygen atoms in total. The van der Waals surface area contributed by atoms with E-state index < -0.39 is 0 Å². The number of hydrogen-bond acceptors (Lipinski definition) is 3.